The number of pyridine rings is 1. The molecule has 0 fully saturated rings. The molecule has 0 atom stereocenters. The first-order chi connectivity index (χ1) is 13.5. The number of anilines is 1. The topological polar surface area (TPSA) is 133 Å². The number of thioether (sulfide) groups is 1. The maximum Gasteiger partial charge on any atom is 0.254 e. The number of aromatic amines is 1. The van der Waals surface area contributed by atoms with E-state index in [2.05, 4.69) is 25.3 Å². The summed E-state index contributed by atoms with van der Waals surface area (Å²) in [4.78, 5) is 28.2. The number of H-pyrrole nitrogens is 1. The van der Waals surface area contributed by atoms with Crippen LogP contribution in [0.25, 0.3) is 0 Å². The maximum absolute atomic E-state index is 12.3. The van der Waals surface area contributed by atoms with Crippen molar-refractivity contribution >= 4 is 34.2 Å². The predicted molar refractivity (Wildman–Crippen MR) is 114 cm³/mol. The summed E-state index contributed by atoms with van der Waals surface area (Å²) in [6.45, 7) is 1.93. The summed E-state index contributed by atoms with van der Waals surface area (Å²) < 4.78 is 0. The summed E-state index contributed by atoms with van der Waals surface area (Å²) in [6, 6.07) is 3.91. The van der Waals surface area contributed by atoms with E-state index < -0.39 is 0 Å². The van der Waals surface area contributed by atoms with Gasteiger partial charge in [0.2, 0.25) is 0 Å². The molecule has 0 saturated carbocycles. The number of aromatic nitrogens is 4. The first-order valence-corrected chi connectivity index (χ1v) is 10.6. The van der Waals surface area contributed by atoms with Crippen LogP contribution < -0.4 is 16.6 Å². The molecule has 0 bridgehead atoms. The molecule has 3 aromatic heterocycles. The largest absolute Gasteiger partial charge is 0.370 e. The molecule has 3 heterocycles. The highest BCUT2D eigenvalue weighted by Crippen LogP contribution is 2.19. The van der Waals surface area contributed by atoms with Gasteiger partial charge in [0, 0.05) is 53.4 Å². The third-order valence-corrected chi connectivity index (χ3v) is 5.62. The SMILES string of the molecule is Cc1ccc(Cc2cnc(CCSCc3csc(NC(=N)N)n3)[nH]c2=O)cn1. The van der Waals surface area contributed by atoms with Crippen LogP contribution in [0.15, 0.2) is 34.7 Å². The maximum atomic E-state index is 12.3. The number of rotatable bonds is 8. The zero-order valence-corrected chi connectivity index (χ0v) is 17.0. The second kappa shape index (κ2) is 9.47. The molecule has 0 amide bonds. The lowest BCUT2D eigenvalue weighted by atomic mass is 10.1. The molecular weight excluding hydrogens is 394 g/mol. The predicted octanol–water partition coefficient (Wildman–Crippen LogP) is 2.30. The van der Waals surface area contributed by atoms with Gasteiger partial charge in [0.25, 0.3) is 5.56 Å². The van der Waals surface area contributed by atoms with E-state index in [1.807, 2.05) is 24.4 Å². The summed E-state index contributed by atoms with van der Waals surface area (Å²) in [7, 11) is 0. The van der Waals surface area contributed by atoms with Crippen molar-refractivity contribution in [1.29, 1.82) is 5.41 Å². The fourth-order valence-corrected chi connectivity index (χ4v) is 4.09. The molecule has 8 nitrogen and oxygen atoms in total. The Morgan fingerprint density at radius 3 is 2.93 bits per heavy atom. The van der Waals surface area contributed by atoms with Crippen LogP contribution in [-0.2, 0) is 18.6 Å². The first kappa shape index (κ1) is 20.0. The third kappa shape index (κ3) is 5.89. The Labute approximate surface area is 170 Å². The van der Waals surface area contributed by atoms with Crippen molar-refractivity contribution in [3.63, 3.8) is 0 Å². The quantitative estimate of drug-likeness (QED) is 0.252. The third-order valence-electron chi connectivity index (χ3n) is 3.82. The molecule has 0 aliphatic heterocycles. The van der Waals surface area contributed by atoms with E-state index >= 15 is 0 Å². The Balaban J connectivity index is 1.48. The summed E-state index contributed by atoms with van der Waals surface area (Å²) >= 11 is 3.13. The zero-order chi connectivity index (χ0) is 19.9. The fourth-order valence-electron chi connectivity index (χ4n) is 2.43. The van der Waals surface area contributed by atoms with Crippen molar-refractivity contribution in [2.45, 2.75) is 25.5 Å². The highest BCUT2D eigenvalue weighted by atomic mass is 32.2. The first-order valence-electron chi connectivity index (χ1n) is 8.61. The average molecular weight is 416 g/mol. The van der Waals surface area contributed by atoms with Crippen molar-refractivity contribution in [2.24, 2.45) is 5.73 Å². The van der Waals surface area contributed by atoms with Crippen LogP contribution in [-0.4, -0.2) is 31.6 Å². The van der Waals surface area contributed by atoms with Gasteiger partial charge in [-0.1, -0.05) is 6.07 Å². The van der Waals surface area contributed by atoms with Crippen LogP contribution in [0.2, 0.25) is 0 Å². The molecule has 28 heavy (non-hydrogen) atoms. The van der Waals surface area contributed by atoms with Crippen molar-refractivity contribution in [3.05, 3.63) is 68.6 Å². The number of nitrogens with one attached hydrogen (secondary N) is 3. The number of aryl methyl sites for hydroxylation is 2. The molecular formula is C18H21N7OS2. The number of hydrogen-bond donors (Lipinski definition) is 4. The van der Waals surface area contributed by atoms with Gasteiger partial charge in [-0.25, -0.2) is 9.97 Å². The van der Waals surface area contributed by atoms with Gasteiger partial charge in [-0.05, 0) is 18.6 Å². The number of thiazole rings is 1. The molecule has 0 aliphatic rings. The Bertz CT molecular complexity index is 998. The van der Waals surface area contributed by atoms with E-state index in [0.717, 1.165) is 28.5 Å². The molecule has 0 radical (unpaired) electrons. The van der Waals surface area contributed by atoms with Gasteiger partial charge in [0.05, 0.1) is 5.69 Å². The van der Waals surface area contributed by atoms with Gasteiger partial charge in [-0.15, -0.1) is 11.3 Å². The van der Waals surface area contributed by atoms with Crippen LogP contribution >= 0.6 is 23.1 Å². The van der Waals surface area contributed by atoms with Crippen molar-refractivity contribution in [2.75, 3.05) is 11.1 Å². The van der Waals surface area contributed by atoms with E-state index in [-0.39, 0.29) is 11.5 Å². The Morgan fingerprint density at radius 1 is 1.36 bits per heavy atom. The van der Waals surface area contributed by atoms with E-state index in [4.69, 9.17) is 11.1 Å². The number of guanidine groups is 1. The van der Waals surface area contributed by atoms with E-state index in [9.17, 15) is 4.79 Å². The monoisotopic (exact) mass is 415 g/mol. The standard InChI is InChI=1S/C18H21N7OS2/c1-11-2-3-12(7-21-11)6-13-8-22-15(24-16(13)26)4-5-27-9-14-10-28-18(23-14)25-17(19)20/h2-3,7-8,10H,4-6,9H2,1H3,(H,22,24,26)(H4,19,20,23,25). The van der Waals surface area contributed by atoms with Gasteiger partial charge < -0.3 is 16.0 Å². The minimum Gasteiger partial charge on any atom is -0.370 e. The number of hydrogen-bond acceptors (Lipinski definition) is 7. The van der Waals surface area contributed by atoms with Crippen LogP contribution in [0.3, 0.4) is 0 Å². The Kier molecular flexibility index (Phi) is 6.77. The smallest absolute Gasteiger partial charge is 0.254 e. The summed E-state index contributed by atoms with van der Waals surface area (Å²) in [5.74, 6) is 2.13. The van der Waals surface area contributed by atoms with Crippen molar-refractivity contribution in [3.8, 4) is 0 Å². The van der Waals surface area contributed by atoms with Gasteiger partial charge in [0.1, 0.15) is 5.82 Å². The molecule has 0 spiro atoms. The second-order valence-electron chi connectivity index (χ2n) is 6.15. The summed E-state index contributed by atoms with van der Waals surface area (Å²) in [5.41, 5.74) is 8.69. The lowest BCUT2D eigenvalue weighted by Crippen LogP contribution is -2.20. The molecule has 5 N–H and O–H groups in total. The van der Waals surface area contributed by atoms with Gasteiger partial charge in [0.15, 0.2) is 11.1 Å². The minimum absolute atomic E-state index is 0.102. The fraction of sp³-hybridized carbons (Fsp3) is 0.278. The molecule has 0 aliphatic carbocycles. The molecule has 0 unspecified atom stereocenters. The molecule has 10 heteroatoms. The Hall–Kier alpha value is -2.72. The van der Waals surface area contributed by atoms with Crippen molar-refractivity contribution in [1.82, 2.24) is 19.9 Å². The van der Waals surface area contributed by atoms with Gasteiger partial charge in [-0.2, -0.15) is 11.8 Å². The van der Waals surface area contributed by atoms with E-state index in [1.54, 1.807) is 24.2 Å². The lowest BCUT2D eigenvalue weighted by Gasteiger charge is -2.04. The van der Waals surface area contributed by atoms with Gasteiger partial charge in [-0.3, -0.25) is 15.2 Å². The Morgan fingerprint density at radius 2 is 2.21 bits per heavy atom. The molecule has 3 rings (SSSR count). The summed E-state index contributed by atoms with van der Waals surface area (Å²) in [5, 5.41) is 12.4. The zero-order valence-electron chi connectivity index (χ0n) is 15.4. The lowest BCUT2D eigenvalue weighted by molar-refractivity contribution is 0.899. The van der Waals surface area contributed by atoms with Crippen LogP contribution in [0.5, 0.6) is 0 Å². The molecule has 0 saturated heterocycles. The molecule has 3 aromatic rings. The summed E-state index contributed by atoms with van der Waals surface area (Å²) in [6.07, 6.45) is 4.63. The molecule has 146 valence electrons. The highest BCUT2D eigenvalue weighted by molar-refractivity contribution is 7.98. The van der Waals surface area contributed by atoms with Crippen LogP contribution in [0, 0.1) is 12.3 Å². The van der Waals surface area contributed by atoms with Crippen LogP contribution in [0.4, 0.5) is 5.13 Å². The highest BCUT2D eigenvalue weighted by Gasteiger charge is 2.06. The van der Waals surface area contributed by atoms with Gasteiger partial charge >= 0.3 is 0 Å². The van der Waals surface area contributed by atoms with Crippen molar-refractivity contribution < 1.29 is 0 Å². The number of nitrogens with zero attached hydrogens (tertiary/aromatic N) is 3. The minimum atomic E-state index is -0.120. The normalized spacial score (nSPS) is 10.8. The van der Waals surface area contributed by atoms with E-state index in [0.29, 0.717) is 29.4 Å². The second-order valence-corrected chi connectivity index (χ2v) is 8.12. The average Bonchev–Trinajstić information content (AvgIpc) is 3.09. The van der Waals surface area contributed by atoms with Crippen LogP contribution in [0.1, 0.15) is 28.3 Å². The molecule has 0 aromatic carbocycles. The number of nitrogens with two attached hydrogens (primary N) is 1. The van der Waals surface area contributed by atoms with E-state index in [1.165, 1.54) is 11.3 Å².